The third-order valence-corrected chi connectivity index (χ3v) is 3.32. The molecule has 6 heteroatoms. The van der Waals surface area contributed by atoms with Crippen molar-refractivity contribution in [2.45, 2.75) is 26.0 Å². The Morgan fingerprint density at radius 3 is 2.90 bits per heavy atom. The number of aromatic nitrogens is 3. The van der Waals surface area contributed by atoms with Gasteiger partial charge in [-0.05, 0) is 24.6 Å². The molecule has 0 bridgehead atoms. The van der Waals surface area contributed by atoms with Gasteiger partial charge in [-0.1, -0.05) is 6.07 Å². The van der Waals surface area contributed by atoms with E-state index < -0.39 is 6.10 Å². The summed E-state index contributed by atoms with van der Waals surface area (Å²) in [5, 5.41) is 14.4. The van der Waals surface area contributed by atoms with E-state index in [1.807, 2.05) is 25.1 Å². The number of rotatable bonds is 4. The Bertz CT molecular complexity index is 597. The van der Waals surface area contributed by atoms with Crippen LogP contribution in [0, 0.1) is 0 Å². The molecule has 2 heterocycles. The van der Waals surface area contributed by atoms with E-state index in [-0.39, 0.29) is 0 Å². The van der Waals surface area contributed by atoms with Gasteiger partial charge in [-0.2, -0.15) is 5.10 Å². The maximum absolute atomic E-state index is 10.3. The molecule has 106 valence electrons. The number of benzene rings is 1. The van der Waals surface area contributed by atoms with Crippen LogP contribution in [0.5, 0.6) is 11.5 Å². The van der Waals surface area contributed by atoms with Crippen LogP contribution in [0.1, 0.15) is 24.4 Å². The molecule has 1 aromatic heterocycles. The fourth-order valence-electron chi connectivity index (χ4n) is 2.27. The zero-order valence-electron chi connectivity index (χ0n) is 11.3. The Kier molecular flexibility index (Phi) is 3.56. The minimum absolute atomic E-state index is 0.424. The molecule has 3 rings (SSSR count). The molecule has 0 amide bonds. The summed E-state index contributed by atoms with van der Waals surface area (Å²) >= 11 is 0. The van der Waals surface area contributed by atoms with Crippen molar-refractivity contribution in [1.29, 1.82) is 0 Å². The molecule has 0 saturated carbocycles. The van der Waals surface area contributed by atoms with E-state index in [0.717, 1.165) is 23.7 Å². The lowest BCUT2D eigenvalue weighted by Crippen LogP contribution is -2.16. The van der Waals surface area contributed by atoms with Crippen LogP contribution < -0.4 is 9.47 Å². The predicted molar refractivity (Wildman–Crippen MR) is 71.8 cm³/mol. The lowest BCUT2D eigenvalue weighted by molar-refractivity contribution is 0.163. The molecule has 1 N–H and O–H groups in total. The Morgan fingerprint density at radius 2 is 2.10 bits per heavy atom. The second kappa shape index (κ2) is 5.50. The SMILES string of the molecule is CCn1ncnc1CC(O)c1ccc2c(c1)OCCO2. The number of aliphatic hydroxyl groups is 1. The molecule has 20 heavy (non-hydrogen) atoms. The van der Waals surface area contributed by atoms with Crippen LogP contribution in [0.25, 0.3) is 0 Å². The highest BCUT2D eigenvalue weighted by molar-refractivity contribution is 5.44. The Labute approximate surface area is 117 Å². The van der Waals surface area contributed by atoms with E-state index in [1.165, 1.54) is 6.33 Å². The first-order valence-corrected chi connectivity index (χ1v) is 6.72. The molecule has 1 unspecified atom stereocenters. The number of fused-ring (bicyclic) bond motifs is 1. The van der Waals surface area contributed by atoms with Crippen molar-refractivity contribution in [3.8, 4) is 11.5 Å². The first kappa shape index (κ1) is 12.9. The van der Waals surface area contributed by atoms with E-state index in [0.29, 0.717) is 25.4 Å². The number of nitrogens with zero attached hydrogens (tertiary/aromatic N) is 3. The number of aryl methyl sites for hydroxylation is 1. The molecule has 1 atom stereocenters. The lowest BCUT2D eigenvalue weighted by atomic mass is 10.1. The smallest absolute Gasteiger partial charge is 0.161 e. The van der Waals surface area contributed by atoms with Crippen molar-refractivity contribution in [3.05, 3.63) is 35.9 Å². The van der Waals surface area contributed by atoms with Crippen LogP contribution in [0.4, 0.5) is 0 Å². The average Bonchev–Trinajstić information content (AvgIpc) is 2.94. The monoisotopic (exact) mass is 275 g/mol. The van der Waals surface area contributed by atoms with Gasteiger partial charge in [0.25, 0.3) is 0 Å². The molecule has 1 aromatic carbocycles. The highest BCUT2D eigenvalue weighted by atomic mass is 16.6. The topological polar surface area (TPSA) is 69.4 Å². The van der Waals surface area contributed by atoms with Gasteiger partial charge in [0.2, 0.25) is 0 Å². The van der Waals surface area contributed by atoms with Gasteiger partial charge in [-0.25, -0.2) is 4.98 Å². The highest BCUT2D eigenvalue weighted by Crippen LogP contribution is 2.33. The number of hydrogen-bond acceptors (Lipinski definition) is 5. The summed E-state index contributed by atoms with van der Waals surface area (Å²) in [6.45, 7) is 3.84. The second-order valence-electron chi connectivity index (χ2n) is 4.62. The predicted octanol–water partition coefficient (Wildman–Crippen LogP) is 1.35. The molecule has 2 aromatic rings. The Hall–Kier alpha value is -2.08. The van der Waals surface area contributed by atoms with Crippen LogP contribution in [0.2, 0.25) is 0 Å². The standard InChI is InChI=1S/C14H17N3O3/c1-2-17-14(15-9-16-17)8-11(18)10-3-4-12-13(7-10)20-6-5-19-12/h3-4,7,9,11,18H,2,5-6,8H2,1H3. The van der Waals surface area contributed by atoms with Crippen LogP contribution in [-0.4, -0.2) is 33.1 Å². The largest absolute Gasteiger partial charge is 0.486 e. The van der Waals surface area contributed by atoms with E-state index in [4.69, 9.17) is 9.47 Å². The summed E-state index contributed by atoms with van der Waals surface area (Å²) in [6.07, 6.45) is 1.29. The summed E-state index contributed by atoms with van der Waals surface area (Å²) in [5.41, 5.74) is 0.792. The van der Waals surface area contributed by atoms with E-state index in [1.54, 1.807) is 4.68 Å². The number of ether oxygens (including phenoxy) is 2. The molecule has 0 fully saturated rings. The minimum atomic E-state index is -0.639. The summed E-state index contributed by atoms with van der Waals surface area (Å²) in [7, 11) is 0. The summed E-state index contributed by atoms with van der Waals surface area (Å²) in [5.74, 6) is 2.18. The maximum atomic E-state index is 10.3. The van der Waals surface area contributed by atoms with Crippen LogP contribution in [0.3, 0.4) is 0 Å². The zero-order valence-corrected chi connectivity index (χ0v) is 11.3. The zero-order chi connectivity index (χ0) is 13.9. The van der Waals surface area contributed by atoms with Gasteiger partial charge in [0.05, 0.1) is 6.10 Å². The van der Waals surface area contributed by atoms with Gasteiger partial charge in [-0.15, -0.1) is 0 Å². The van der Waals surface area contributed by atoms with E-state index in [9.17, 15) is 5.11 Å². The molecular formula is C14H17N3O3. The molecule has 0 spiro atoms. The molecule has 0 aliphatic carbocycles. The van der Waals surface area contributed by atoms with Crippen molar-refractivity contribution in [2.75, 3.05) is 13.2 Å². The van der Waals surface area contributed by atoms with Crippen molar-refractivity contribution >= 4 is 0 Å². The lowest BCUT2D eigenvalue weighted by Gasteiger charge is -2.20. The van der Waals surface area contributed by atoms with Gasteiger partial charge >= 0.3 is 0 Å². The summed E-state index contributed by atoms with van der Waals surface area (Å²) < 4.78 is 12.8. The molecule has 6 nitrogen and oxygen atoms in total. The van der Waals surface area contributed by atoms with Crippen molar-refractivity contribution in [1.82, 2.24) is 14.8 Å². The molecule has 1 aliphatic heterocycles. The summed E-state index contributed by atoms with van der Waals surface area (Å²) in [4.78, 5) is 4.18. The number of aliphatic hydroxyl groups excluding tert-OH is 1. The Balaban J connectivity index is 1.78. The number of hydrogen-bond donors (Lipinski definition) is 1. The first-order valence-electron chi connectivity index (χ1n) is 6.72. The van der Waals surface area contributed by atoms with Crippen LogP contribution in [-0.2, 0) is 13.0 Å². The minimum Gasteiger partial charge on any atom is -0.486 e. The fourth-order valence-corrected chi connectivity index (χ4v) is 2.27. The van der Waals surface area contributed by atoms with Crippen LogP contribution >= 0.6 is 0 Å². The third-order valence-electron chi connectivity index (χ3n) is 3.32. The van der Waals surface area contributed by atoms with Gasteiger partial charge in [0, 0.05) is 13.0 Å². The van der Waals surface area contributed by atoms with Gasteiger partial charge in [-0.3, -0.25) is 4.68 Å². The molecule has 0 radical (unpaired) electrons. The van der Waals surface area contributed by atoms with Crippen LogP contribution in [0.15, 0.2) is 24.5 Å². The van der Waals surface area contributed by atoms with Crippen molar-refractivity contribution in [3.63, 3.8) is 0 Å². The van der Waals surface area contributed by atoms with Gasteiger partial charge in [0.1, 0.15) is 25.4 Å². The second-order valence-corrected chi connectivity index (χ2v) is 4.62. The van der Waals surface area contributed by atoms with Gasteiger partial charge < -0.3 is 14.6 Å². The Morgan fingerprint density at radius 1 is 1.30 bits per heavy atom. The average molecular weight is 275 g/mol. The van der Waals surface area contributed by atoms with Crippen molar-refractivity contribution < 1.29 is 14.6 Å². The van der Waals surface area contributed by atoms with Gasteiger partial charge in [0.15, 0.2) is 11.5 Å². The first-order chi connectivity index (χ1) is 9.78. The van der Waals surface area contributed by atoms with E-state index in [2.05, 4.69) is 10.1 Å². The third kappa shape index (κ3) is 2.46. The quantitative estimate of drug-likeness (QED) is 0.912. The maximum Gasteiger partial charge on any atom is 0.161 e. The summed E-state index contributed by atoms with van der Waals surface area (Å²) in [6, 6.07) is 5.51. The molecular weight excluding hydrogens is 258 g/mol. The fraction of sp³-hybridized carbons (Fsp3) is 0.429. The van der Waals surface area contributed by atoms with Crippen molar-refractivity contribution in [2.24, 2.45) is 0 Å². The normalized spacial score (nSPS) is 15.1. The van der Waals surface area contributed by atoms with E-state index >= 15 is 0 Å². The highest BCUT2D eigenvalue weighted by Gasteiger charge is 2.17. The molecule has 0 saturated heterocycles. The molecule has 1 aliphatic rings.